The van der Waals surface area contributed by atoms with Crippen LogP contribution in [0.1, 0.15) is 5.69 Å². The number of amides is 1. The van der Waals surface area contributed by atoms with Gasteiger partial charge in [0.15, 0.2) is 0 Å². The second-order valence-electron chi connectivity index (χ2n) is 3.19. The lowest BCUT2D eigenvalue weighted by atomic mass is 10.4. The van der Waals surface area contributed by atoms with Gasteiger partial charge in [-0.3, -0.25) is 0 Å². The Hall–Kier alpha value is -1.75. The number of H-pyrrole nitrogens is 1. The number of hydrogen-bond donors (Lipinski definition) is 2. The second kappa shape index (κ2) is 4.40. The zero-order valence-corrected chi connectivity index (χ0v) is 9.34. The minimum Gasteiger partial charge on any atom is -0.443 e. The first-order valence-electron chi connectivity index (χ1n) is 4.67. The van der Waals surface area contributed by atoms with E-state index in [4.69, 9.17) is 16.3 Å². The van der Waals surface area contributed by atoms with Crippen LogP contribution in [-0.4, -0.2) is 23.1 Å². The van der Waals surface area contributed by atoms with Crippen LogP contribution in [-0.2, 0) is 11.3 Å². The molecule has 16 heavy (non-hydrogen) atoms. The molecule has 84 valence electrons. The number of alkyl carbamates (subject to hydrolysis) is 1. The molecule has 1 amide bonds. The van der Waals surface area contributed by atoms with E-state index in [1.807, 2.05) is 6.07 Å². The summed E-state index contributed by atoms with van der Waals surface area (Å²) in [5.41, 5.74) is 2.39. The first-order chi connectivity index (χ1) is 7.69. The predicted molar refractivity (Wildman–Crippen MR) is 60.3 cm³/mol. The van der Waals surface area contributed by atoms with E-state index < -0.39 is 6.09 Å². The van der Waals surface area contributed by atoms with E-state index in [2.05, 4.69) is 15.3 Å². The third-order valence-electron chi connectivity index (χ3n) is 2.06. The highest BCUT2D eigenvalue weighted by molar-refractivity contribution is 6.29. The fourth-order valence-electron chi connectivity index (χ4n) is 1.33. The van der Waals surface area contributed by atoms with Crippen LogP contribution in [0.5, 0.6) is 0 Å². The summed E-state index contributed by atoms with van der Waals surface area (Å²) in [6, 6.07) is 5.32. The molecule has 0 bridgehead atoms. The fourth-order valence-corrected chi connectivity index (χ4v) is 1.49. The van der Waals surface area contributed by atoms with Gasteiger partial charge in [0.25, 0.3) is 0 Å². The Morgan fingerprint density at radius 1 is 1.62 bits per heavy atom. The van der Waals surface area contributed by atoms with Crippen molar-refractivity contribution in [2.75, 3.05) is 7.05 Å². The van der Waals surface area contributed by atoms with Crippen molar-refractivity contribution in [1.82, 2.24) is 15.3 Å². The first kappa shape index (κ1) is 10.8. The van der Waals surface area contributed by atoms with Crippen LogP contribution >= 0.6 is 11.6 Å². The molecule has 0 aromatic carbocycles. The second-order valence-corrected chi connectivity index (χ2v) is 3.57. The van der Waals surface area contributed by atoms with Crippen molar-refractivity contribution in [2.24, 2.45) is 0 Å². The van der Waals surface area contributed by atoms with E-state index >= 15 is 0 Å². The number of nitrogens with zero attached hydrogens (tertiary/aromatic N) is 1. The highest BCUT2D eigenvalue weighted by Gasteiger charge is 2.04. The van der Waals surface area contributed by atoms with Crippen LogP contribution in [0.4, 0.5) is 4.79 Å². The molecule has 2 heterocycles. The summed E-state index contributed by atoms with van der Waals surface area (Å²) in [4.78, 5) is 18.1. The fraction of sp³-hybridized carbons (Fsp3) is 0.200. The SMILES string of the molecule is CNC(=O)OCc1cc2nc(Cl)ccc2[nH]1. The number of fused-ring (bicyclic) bond motifs is 1. The Labute approximate surface area is 96.8 Å². The highest BCUT2D eigenvalue weighted by Crippen LogP contribution is 2.16. The van der Waals surface area contributed by atoms with Crippen LogP contribution in [0, 0.1) is 0 Å². The Morgan fingerprint density at radius 3 is 3.19 bits per heavy atom. The summed E-state index contributed by atoms with van der Waals surface area (Å²) in [6.07, 6.45) is -0.468. The molecule has 2 N–H and O–H groups in total. The molecule has 0 unspecified atom stereocenters. The number of rotatable bonds is 2. The molecule has 0 saturated carbocycles. The largest absolute Gasteiger partial charge is 0.443 e. The molecule has 2 aromatic rings. The number of ether oxygens (including phenoxy) is 1. The van der Waals surface area contributed by atoms with E-state index in [-0.39, 0.29) is 6.61 Å². The lowest BCUT2D eigenvalue weighted by Gasteiger charge is -2.00. The van der Waals surface area contributed by atoms with Crippen LogP contribution in [0.2, 0.25) is 5.15 Å². The van der Waals surface area contributed by atoms with E-state index in [0.29, 0.717) is 5.15 Å². The van der Waals surface area contributed by atoms with Crippen molar-refractivity contribution < 1.29 is 9.53 Å². The molecule has 0 aliphatic heterocycles. The summed E-state index contributed by atoms with van der Waals surface area (Å²) in [6.45, 7) is 0.174. The minimum absolute atomic E-state index is 0.174. The van der Waals surface area contributed by atoms with Crippen LogP contribution in [0.3, 0.4) is 0 Å². The van der Waals surface area contributed by atoms with E-state index in [9.17, 15) is 4.79 Å². The topological polar surface area (TPSA) is 67.0 Å². The quantitative estimate of drug-likeness (QED) is 0.789. The van der Waals surface area contributed by atoms with Gasteiger partial charge < -0.3 is 15.0 Å². The molecule has 0 radical (unpaired) electrons. The number of carbonyl (C=O) groups is 1. The van der Waals surface area contributed by atoms with Crippen LogP contribution in [0.25, 0.3) is 11.0 Å². The summed E-state index contributed by atoms with van der Waals surface area (Å²) in [5.74, 6) is 0. The van der Waals surface area contributed by atoms with Gasteiger partial charge in [0.1, 0.15) is 11.8 Å². The lowest BCUT2D eigenvalue weighted by molar-refractivity contribution is 0.141. The first-order valence-corrected chi connectivity index (χ1v) is 5.05. The number of aromatic amines is 1. The molecule has 6 heteroatoms. The maximum absolute atomic E-state index is 10.9. The van der Waals surface area contributed by atoms with Gasteiger partial charge in [0, 0.05) is 7.05 Å². The van der Waals surface area contributed by atoms with Gasteiger partial charge in [0.2, 0.25) is 0 Å². The molecule has 5 nitrogen and oxygen atoms in total. The maximum atomic E-state index is 10.9. The van der Waals surface area contributed by atoms with Gasteiger partial charge in [-0.2, -0.15) is 0 Å². The Bertz CT molecular complexity index is 524. The predicted octanol–water partition coefficient (Wildman–Crippen LogP) is 2.07. The number of pyridine rings is 1. The smallest absolute Gasteiger partial charge is 0.407 e. The molecule has 2 aromatic heterocycles. The van der Waals surface area contributed by atoms with Crippen molar-refractivity contribution in [3.05, 3.63) is 29.0 Å². The zero-order chi connectivity index (χ0) is 11.5. The van der Waals surface area contributed by atoms with Crippen molar-refractivity contribution in [2.45, 2.75) is 6.61 Å². The molecular formula is C10H10ClN3O2. The Balaban J connectivity index is 2.16. The number of carbonyl (C=O) groups excluding carboxylic acids is 1. The normalized spacial score (nSPS) is 10.4. The van der Waals surface area contributed by atoms with Gasteiger partial charge in [-0.1, -0.05) is 11.6 Å². The minimum atomic E-state index is -0.468. The number of nitrogens with one attached hydrogen (secondary N) is 2. The van der Waals surface area contributed by atoms with Crippen LogP contribution < -0.4 is 5.32 Å². The van der Waals surface area contributed by atoms with Gasteiger partial charge in [0.05, 0.1) is 16.7 Å². The molecule has 0 spiro atoms. The average molecular weight is 240 g/mol. The van der Waals surface area contributed by atoms with Gasteiger partial charge in [-0.25, -0.2) is 9.78 Å². The lowest BCUT2D eigenvalue weighted by Crippen LogP contribution is -2.18. The van der Waals surface area contributed by atoms with Crippen molar-refractivity contribution in [1.29, 1.82) is 0 Å². The van der Waals surface area contributed by atoms with Gasteiger partial charge in [-0.15, -0.1) is 0 Å². The molecule has 0 aliphatic carbocycles. The number of halogens is 1. The van der Waals surface area contributed by atoms with Crippen molar-refractivity contribution in [3.63, 3.8) is 0 Å². The zero-order valence-electron chi connectivity index (χ0n) is 8.58. The highest BCUT2D eigenvalue weighted by atomic mass is 35.5. The third kappa shape index (κ3) is 2.25. The number of hydrogen-bond acceptors (Lipinski definition) is 3. The van der Waals surface area contributed by atoms with Gasteiger partial charge in [-0.05, 0) is 18.2 Å². The van der Waals surface area contributed by atoms with Crippen LogP contribution in [0.15, 0.2) is 18.2 Å². The maximum Gasteiger partial charge on any atom is 0.407 e. The average Bonchev–Trinajstić information content (AvgIpc) is 2.67. The van der Waals surface area contributed by atoms with E-state index in [0.717, 1.165) is 16.7 Å². The van der Waals surface area contributed by atoms with Gasteiger partial charge >= 0.3 is 6.09 Å². The summed E-state index contributed by atoms with van der Waals surface area (Å²) in [5, 5.41) is 2.80. The summed E-state index contributed by atoms with van der Waals surface area (Å²) < 4.78 is 4.89. The molecule has 0 fully saturated rings. The number of aromatic nitrogens is 2. The van der Waals surface area contributed by atoms with Crippen molar-refractivity contribution in [3.8, 4) is 0 Å². The third-order valence-corrected chi connectivity index (χ3v) is 2.27. The molecule has 0 atom stereocenters. The van der Waals surface area contributed by atoms with E-state index in [1.165, 1.54) is 7.05 Å². The summed E-state index contributed by atoms with van der Waals surface area (Å²) in [7, 11) is 1.51. The monoisotopic (exact) mass is 239 g/mol. The van der Waals surface area contributed by atoms with Crippen molar-refractivity contribution >= 4 is 28.7 Å². The molecule has 0 saturated heterocycles. The Morgan fingerprint density at radius 2 is 2.44 bits per heavy atom. The standard InChI is InChI=1S/C10H10ClN3O2/c1-12-10(15)16-5-6-4-8-7(13-6)2-3-9(11)14-8/h2-4,13H,5H2,1H3,(H,12,15). The van der Waals surface area contributed by atoms with E-state index in [1.54, 1.807) is 12.1 Å². The molecule has 2 rings (SSSR count). The Kier molecular flexibility index (Phi) is 2.96. The molecule has 0 aliphatic rings. The molecular weight excluding hydrogens is 230 g/mol. The summed E-state index contributed by atoms with van der Waals surface area (Å²) >= 11 is 5.76.